The van der Waals surface area contributed by atoms with E-state index in [9.17, 15) is 13.2 Å². The number of nitrogens with one attached hydrogen (secondary N) is 2. The first-order valence-corrected chi connectivity index (χ1v) is 9.87. The van der Waals surface area contributed by atoms with Crippen molar-refractivity contribution in [1.82, 2.24) is 15.3 Å². The largest absolute Gasteiger partial charge is 0.350 e. The Kier molecular flexibility index (Phi) is 4.71. The minimum Gasteiger partial charge on any atom is -0.350 e. The van der Waals surface area contributed by atoms with Gasteiger partial charge in [-0.05, 0) is 25.7 Å². The van der Waals surface area contributed by atoms with E-state index in [4.69, 9.17) is 0 Å². The van der Waals surface area contributed by atoms with Gasteiger partial charge in [0.25, 0.3) is 5.91 Å². The quantitative estimate of drug-likeness (QED) is 0.884. The summed E-state index contributed by atoms with van der Waals surface area (Å²) in [6.45, 7) is 2.31. The second-order valence-electron chi connectivity index (χ2n) is 6.23. The first-order valence-electron chi connectivity index (χ1n) is 8.05. The Morgan fingerprint density at radius 1 is 1.25 bits per heavy atom. The minimum absolute atomic E-state index is 0.213. The molecule has 2 aromatic rings. The van der Waals surface area contributed by atoms with Crippen molar-refractivity contribution in [2.45, 2.75) is 19.8 Å². The maximum atomic E-state index is 12.4. The molecular formula is C17H21N3O3S. The van der Waals surface area contributed by atoms with Gasteiger partial charge < -0.3 is 10.3 Å². The summed E-state index contributed by atoms with van der Waals surface area (Å²) in [5.74, 6) is 1.09. The number of H-pyrrole nitrogens is 1. The van der Waals surface area contributed by atoms with Crippen LogP contribution in [-0.4, -0.2) is 42.3 Å². The fraction of sp³-hybridized carbons (Fsp3) is 0.412. The molecule has 6 nitrogen and oxygen atoms in total. The SMILES string of the molecule is Cc1[nH]c(-c2ccccc2)nc1C(=O)NCC1CCS(=O)(=O)CC1. The van der Waals surface area contributed by atoms with Crippen LogP contribution in [0.15, 0.2) is 30.3 Å². The zero-order valence-electron chi connectivity index (χ0n) is 13.6. The van der Waals surface area contributed by atoms with Crippen LogP contribution < -0.4 is 5.32 Å². The lowest BCUT2D eigenvalue weighted by Crippen LogP contribution is -2.34. The molecule has 1 aliphatic rings. The van der Waals surface area contributed by atoms with Crippen molar-refractivity contribution in [2.75, 3.05) is 18.1 Å². The molecule has 1 aromatic carbocycles. The number of imidazole rings is 1. The van der Waals surface area contributed by atoms with E-state index < -0.39 is 9.84 Å². The van der Waals surface area contributed by atoms with Gasteiger partial charge >= 0.3 is 0 Å². The number of hydrogen-bond acceptors (Lipinski definition) is 4. The monoisotopic (exact) mass is 347 g/mol. The van der Waals surface area contributed by atoms with Gasteiger partial charge in [-0.2, -0.15) is 0 Å². The molecule has 0 spiro atoms. The number of rotatable bonds is 4. The highest BCUT2D eigenvalue weighted by Crippen LogP contribution is 2.19. The van der Waals surface area contributed by atoms with Gasteiger partial charge in [-0.1, -0.05) is 30.3 Å². The molecular weight excluding hydrogens is 326 g/mol. The lowest BCUT2D eigenvalue weighted by molar-refractivity contribution is 0.0941. The fourth-order valence-electron chi connectivity index (χ4n) is 2.88. The number of carbonyl (C=O) groups excluding carboxylic acids is 1. The molecule has 2 heterocycles. The molecule has 24 heavy (non-hydrogen) atoms. The molecule has 7 heteroatoms. The van der Waals surface area contributed by atoms with E-state index in [0.717, 1.165) is 11.3 Å². The van der Waals surface area contributed by atoms with Crippen molar-refractivity contribution in [1.29, 1.82) is 0 Å². The van der Waals surface area contributed by atoms with Gasteiger partial charge in [0.15, 0.2) is 0 Å². The van der Waals surface area contributed by atoms with Crippen LogP contribution >= 0.6 is 0 Å². The van der Waals surface area contributed by atoms with Crippen LogP contribution in [0.3, 0.4) is 0 Å². The summed E-state index contributed by atoms with van der Waals surface area (Å²) < 4.78 is 22.9. The van der Waals surface area contributed by atoms with Crippen molar-refractivity contribution in [3.05, 3.63) is 41.7 Å². The van der Waals surface area contributed by atoms with E-state index in [2.05, 4.69) is 15.3 Å². The van der Waals surface area contributed by atoms with E-state index >= 15 is 0 Å². The standard InChI is InChI=1S/C17H21N3O3S/c1-12-15(20-16(19-12)14-5-3-2-4-6-14)17(21)18-11-13-7-9-24(22,23)10-8-13/h2-6,13H,7-11H2,1H3,(H,18,21)(H,19,20). The van der Waals surface area contributed by atoms with E-state index in [-0.39, 0.29) is 23.3 Å². The molecule has 3 rings (SSSR count). The number of aryl methyl sites for hydroxylation is 1. The first-order chi connectivity index (χ1) is 11.4. The molecule has 0 radical (unpaired) electrons. The average molecular weight is 347 g/mol. The number of hydrogen-bond donors (Lipinski definition) is 2. The Balaban J connectivity index is 1.63. The molecule has 0 bridgehead atoms. The van der Waals surface area contributed by atoms with E-state index in [1.54, 1.807) is 0 Å². The number of amides is 1. The summed E-state index contributed by atoms with van der Waals surface area (Å²) in [5.41, 5.74) is 2.03. The van der Waals surface area contributed by atoms with Crippen LogP contribution in [0, 0.1) is 12.8 Å². The zero-order chi connectivity index (χ0) is 17.2. The smallest absolute Gasteiger partial charge is 0.271 e. The summed E-state index contributed by atoms with van der Waals surface area (Å²) in [6.07, 6.45) is 1.22. The van der Waals surface area contributed by atoms with Crippen LogP contribution in [0.2, 0.25) is 0 Å². The van der Waals surface area contributed by atoms with Crippen LogP contribution in [0.5, 0.6) is 0 Å². The van der Waals surface area contributed by atoms with Gasteiger partial charge in [-0.15, -0.1) is 0 Å². The zero-order valence-corrected chi connectivity index (χ0v) is 14.4. The van der Waals surface area contributed by atoms with Crippen molar-refractivity contribution in [3.8, 4) is 11.4 Å². The van der Waals surface area contributed by atoms with Crippen LogP contribution in [0.1, 0.15) is 29.0 Å². The lowest BCUT2D eigenvalue weighted by atomic mass is 10.0. The van der Waals surface area contributed by atoms with Crippen molar-refractivity contribution in [3.63, 3.8) is 0 Å². The van der Waals surface area contributed by atoms with Gasteiger partial charge in [0, 0.05) is 17.8 Å². The highest BCUT2D eigenvalue weighted by Gasteiger charge is 2.24. The van der Waals surface area contributed by atoms with Crippen molar-refractivity contribution >= 4 is 15.7 Å². The molecule has 1 aliphatic heterocycles. The number of aromatic amines is 1. The number of aromatic nitrogens is 2. The summed E-state index contributed by atoms with van der Waals surface area (Å²) in [5, 5.41) is 2.89. The Labute approximate surface area is 141 Å². The van der Waals surface area contributed by atoms with Crippen LogP contribution in [-0.2, 0) is 9.84 Å². The molecule has 0 unspecified atom stereocenters. The molecule has 0 atom stereocenters. The fourth-order valence-corrected chi connectivity index (χ4v) is 4.47. The molecule has 1 amide bonds. The number of benzene rings is 1. The lowest BCUT2D eigenvalue weighted by Gasteiger charge is -2.21. The third-order valence-electron chi connectivity index (χ3n) is 4.37. The number of nitrogens with zero attached hydrogens (tertiary/aromatic N) is 1. The molecule has 0 saturated carbocycles. The minimum atomic E-state index is -2.87. The summed E-state index contributed by atoms with van der Waals surface area (Å²) in [4.78, 5) is 19.9. The molecule has 1 aromatic heterocycles. The maximum absolute atomic E-state index is 12.4. The Bertz CT molecular complexity index is 814. The summed E-state index contributed by atoms with van der Waals surface area (Å²) >= 11 is 0. The summed E-state index contributed by atoms with van der Waals surface area (Å²) in [7, 11) is -2.87. The van der Waals surface area contributed by atoms with Gasteiger partial charge in [0.2, 0.25) is 0 Å². The highest BCUT2D eigenvalue weighted by molar-refractivity contribution is 7.91. The second kappa shape index (κ2) is 6.76. The molecule has 2 N–H and O–H groups in total. The van der Waals surface area contributed by atoms with Crippen LogP contribution in [0.25, 0.3) is 11.4 Å². The van der Waals surface area contributed by atoms with E-state index in [1.807, 2.05) is 37.3 Å². The second-order valence-corrected chi connectivity index (χ2v) is 8.53. The topological polar surface area (TPSA) is 91.9 Å². The van der Waals surface area contributed by atoms with Gasteiger partial charge in [0.05, 0.1) is 11.5 Å². The van der Waals surface area contributed by atoms with Gasteiger partial charge in [-0.3, -0.25) is 4.79 Å². The molecule has 0 aliphatic carbocycles. The van der Waals surface area contributed by atoms with Crippen LogP contribution in [0.4, 0.5) is 0 Å². The first kappa shape index (κ1) is 16.7. The average Bonchev–Trinajstić information content (AvgIpc) is 2.96. The molecule has 128 valence electrons. The third kappa shape index (κ3) is 3.84. The Morgan fingerprint density at radius 2 is 1.92 bits per heavy atom. The van der Waals surface area contributed by atoms with Crippen molar-refractivity contribution < 1.29 is 13.2 Å². The van der Waals surface area contributed by atoms with Gasteiger partial charge in [0.1, 0.15) is 21.4 Å². The predicted molar refractivity (Wildman–Crippen MR) is 92.5 cm³/mol. The Morgan fingerprint density at radius 3 is 2.58 bits per heavy atom. The Hall–Kier alpha value is -2.15. The molecule has 1 fully saturated rings. The highest BCUT2D eigenvalue weighted by atomic mass is 32.2. The third-order valence-corrected chi connectivity index (χ3v) is 6.09. The molecule has 1 saturated heterocycles. The van der Waals surface area contributed by atoms with Crippen molar-refractivity contribution in [2.24, 2.45) is 5.92 Å². The maximum Gasteiger partial charge on any atom is 0.271 e. The van der Waals surface area contributed by atoms with E-state index in [0.29, 0.717) is 30.9 Å². The van der Waals surface area contributed by atoms with E-state index in [1.165, 1.54) is 0 Å². The van der Waals surface area contributed by atoms with Gasteiger partial charge in [-0.25, -0.2) is 13.4 Å². The number of sulfone groups is 1. The normalized spacial score (nSPS) is 17.5. The predicted octanol–water partition coefficient (Wildman–Crippen LogP) is 1.94. The summed E-state index contributed by atoms with van der Waals surface area (Å²) in [6, 6.07) is 9.64. The number of carbonyl (C=O) groups is 1.